The molecule has 0 radical (unpaired) electrons. The molecule has 4 nitrogen and oxygen atoms in total. The molecule has 1 N–H and O–H groups in total. The van der Waals surface area contributed by atoms with E-state index in [1.165, 1.54) is 0 Å². The molecule has 0 fully saturated rings. The molecule has 0 spiro atoms. The highest BCUT2D eigenvalue weighted by Gasteiger charge is 2.20. The Labute approximate surface area is 120 Å². The van der Waals surface area contributed by atoms with E-state index in [9.17, 15) is 4.79 Å². The van der Waals surface area contributed by atoms with Gasteiger partial charge in [0, 0.05) is 12.3 Å². The van der Waals surface area contributed by atoms with Crippen molar-refractivity contribution in [3.8, 4) is 0 Å². The number of hydrogen-bond donors (Lipinski definition) is 1. The summed E-state index contributed by atoms with van der Waals surface area (Å²) >= 11 is 3.42. The second kappa shape index (κ2) is 6.02. The van der Waals surface area contributed by atoms with Crippen LogP contribution in [0.5, 0.6) is 0 Å². The fourth-order valence-corrected chi connectivity index (χ4v) is 2.40. The van der Waals surface area contributed by atoms with E-state index in [0.29, 0.717) is 16.9 Å². The van der Waals surface area contributed by atoms with E-state index in [-0.39, 0.29) is 17.7 Å². The summed E-state index contributed by atoms with van der Waals surface area (Å²) in [6.07, 6.45) is 0. The third-order valence-electron chi connectivity index (χ3n) is 2.77. The van der Waals surface area contributed by atoms with Crippen LogP contribution in [-0.2, 0) is 0 Å². The minimum absolute atomic E-state index is 0.0986. The van der Waals surface area contributed by atoms with E-state index in [4.69, 9.17) is 4.42 Å². The molecular weight excluding hydrogens is 308 g/mol. The second-order valence-electron chi connectivity index (χ2n) is 4.24. The van der Waals surface area contributed by atoms with Crippen molar-refractivity contribution in [2.75, 3.05) is 5.33 Å². The fourth-order valence-electron chi connectivity index (χ4n) is 1.86. The first-order chi connectivity index (χ1) is 9.11. The lowest BCUT2D eigenvalue weighted by Gasteiger charge is -2.15. The number of aryl methyl sites for hydroxylation is 2. The first-order valence-corrected chi connectivity index (χ1v) is 7.09. The highest BCUT2D eigenvalue weighted by Crippen LogP contribution is 2.17. The van der Waals surface area contributed by atoms with E-state index in [2.05, 4.69) is 26.2 Å². The molecule has 0 aliphatic rings. The molecule has 0 bridgehead atoms. The molecule has 2 rings (SSSR count). The molecule has 1 unspecified atom stereocenters. The minimum atomic E-state index is -0.244. The molecule has 1 amide bonds. The van der Waals surface area contributed by atoms with E-state index >= 15 is 0 Å². The number of oxazole rings is 1. The van der Waals surface area contributed by atoms with Gasteiger partial charge in [0.25, 0.3) is 5.91 Å². The Kier molecular flexibility index (Phi) is 4.37. The second-order valence-corrected chi connectivity index (χ2v) is 4.89. The molecular formula is C14H15BrN2O2. The van der Waals surface area contributed by atoms with E-state index in [1.54, 1.807) is 13.8 Å². The van der Waals surface area contributed by atoms with Crippen LogP contribution in [0.15, 0.2) is 34.7 Å². The Hall–Kier alpha value is -1.62. The quantitative estimate of drug-likeness (QED) is 0.880. The Morgan fingerprint density at radius 1 is 1.37 bits per heavy atom. The van der Waals surface area contributed by atoms with Gasteiger partial charge >= 0.3 is 0 Å². The minimum Gasteiger partial charge on any atom is -0.436 e. The average molecular weight is 323 g/mol. The molecule has 2 aromatic rings. The summed E-state index contributed by atoms with van der Waals surface area (Å²) in [5, 5.41) is 3.57. The van der Waals surface area contributed by atoms with Crippen LogP contribution < -0.4 is 5.32 Å². The van der Waals surface area contributed by atoms with Gasteiger partial charge in [-0.2, -0.15) is 0 Å². The van der Waals surface area contributed by atoms with Gasteiger partial charge in [-0.25, -0.2) is 4.98 Å². The third kappa shape index (κ3) is 3.23. The zero-order valence-electron chi connectivity index (χ0n) is 10.8. The number of alkyl halides is 1. The van der Waals surface area contributed by atoms with Gasteiger partial charge in [0.15, 0.2) is 5.89 Å². The Balaban J connectivity index is 2.15. The van der Waals surface area contributed by atoms with Crippen molar-refractivity contribution in [2.24, 2.45) is 0 Å². The summed E-state index contributed by atoms with van der Waals surface area (Å²) in [6.45, 7) is 3.49. The van der Waals surface area contributed by atoms with Crippen LogP contribution in [0.2, 0.25) is 0 Å². The monoisotopic (exact) mass is 322 g/mol. The van der Waals surface area contributed by atoms with Crippen molar-refractivity contribution < 1.29 is 9.21 Å². The van der Waals surface area contributed by atoms with Crippen LogP contribution in [0.3, 0.4) is 0 Å². The highest BCUT2D eigenvalue weighted by molar-refractivity contribution is 9.09. The standard InChI is InChI=1S/C14H15BrN2O2/c1-9-13(19-10(2)16-9)14(18)17-12(8-15)11-6-4-3-5-7-11/h3-7,12H,8H2,1-2H3,(H,17,18). The van der Waals surface area contributed by atoms with Gasteiger partial charge in [0.1, 0.15) is 0 Å². The predicted molar refractivity (Wildman–Crippen MR) is 76.4 cm³/mol. The Morgan fingerprint density at radius 2 is 2.05 bits per heavy atom. The Morgan fingerprint density at radius 3 is 2.58 bits per heavy atom. The Bertz CT molecular complexity index is 566. The van der Waals surface area contributed by atoms with Crippen molar-refractivity contribution in [2.45, 2.75) is 19.9 Å². The van der Waals surface area contributed by atoms with Crippen LogP contribution in [0, 0.1) is 13.8 Å². The molecule has 1 atom stereocenters. The summed E-state index contributed by atoms with van der Waals surface area (Å²) in [4.78, 5) is 16.3. The number of nitrogens with one attached hydrogen (secondary N) is 1. The maximum atomic E-state index is 12.2. The normalized spacial score (nSPS) is 12.2. The average Bonchev–Trinajstić information content (AvgIpc) is 2.76. The van der Waals surface area contributed by atoms with Crippen molar-refractivity contribution in [1.29, 1.82) is 0 Å². The SMILES string of the molecule is Cc1nc(C)c(C(=O)NC(CBr)c2ccccc2)o1. The number of halogens is 1. The van der Waals surface area contributed by atoms with Gasteiger partial charge in [0.2, 0.25) is 5.76 Å². The lowest BCUT2D eigenvalue weighted by molar-refractivity contribution is 0.0910. The highest BCUT2D eigenvalue weighted by atomic mass is 79.9. The van der Waals surface area contributed by atoms with Gasteiger partial charge < -0.3 is 9.73 Å². The van der Waals surface area contributed by atoms with E-state index in [0.717, 1.165) is 5.56 Å². The first kappa shape index (κ1) is 13.8. The molecule has 19 heavy (non-hydrogen) atoms. The maximum Gasteiger partial charge on any atom is 0.289 e. The van der Waals surface area contributed by atoms with Gasteiger partial charge in [-0.3, -0.25) is 4.79 Å². The number of hydrogen-bond acceptors (Lipinski definition) is 3. The number of benzene rings is 1. The molecule has 1 heterocycles. The van der Waals surface area contributed by atoms with Gasteiger partial charge in [-0.05, 0) is 12.5 Å². The predicted octanol–water partition coefficient (Wildman–Crippen LogP) is 3.16. The van der Waals surface area contributed by atoms with Crippen molar-refractivity contribution >= 4 is 21.8 Å². The zero-order valence-corrected chi connectivity index (χ0v) is 12.4. The molecule has 1 aromatic carbocycles. The van der Waals surface area contributed by atoms with Crippen LogP contribution in [0.4, 0.5) is 0 Å². The third-order valence-corrected chi connectivity index (χ3v) is 3.42. The lowest BCUT2D eigenvalue weighted by Crippen LogP contribution is -2.29. The summed E-state index contributed by atoms with van der Waals surface area (Å²) in [5.41, 5.74) is 1.65. The van der Waals surface area contributed by atoms with Crippen LogP contribution in [0.25, 0.3) is 0 Å². The molecule has 0 saturated carbocycles. The number of carbonyl (C=O) groups excluding carboxylic acids is 1. The number of amides is 1. The number of aromatic nitrogens is 1. The van der Waals surface area contributed by atoms with E-state index < -0.39 is 0 Å². The van der Waals surface area contributed by atoms with Gasteiger partial charge in [-0.15, -0.1) is 0 Å². The number of nitrogens with zero attached hydrogens (tertiary/aromatic N) is 1. The molecule has 0 aliphatic carbocycles. The van der Waals surface area contributed by atoms with Crippen LogP contribution in [-0.4, -0.2) is 16.2 Å². The first-order valence-electron chi connectivity index (χ1n) is 5.97. The summed E-state index contributed by atoms with van der Waals surface area (Å²) in [5.74, 6) is 0.531. The molecule has 0 saturated heterocycles. The summed E-state index contributed by atoms with van der Waals surface area (Å²) in [6, 6.07) is 9.69. The van der Waals surface area contributed by atoms with Crippen LogP contribution in [0.1, 0.15) is 33.7 Å². The summed E-state index contributed by atoms with van der Waals surface area (Å²) < 4.78 is 5.32. The maximum absolute atomic E-state index is 12.2. The molecule has 1 aromatic heterocycles. The van der Waals surface area contributed by atoms with Crippen molar-refractivity contribution in [1.82, 2.24) is 10.3 Å². The van der Waals surface area contributed by atoms with Gasteiger partial charge in [0.05, 0.1) is 11.7 Å². The number of rotatable bonds is 4. The van der Waals surface area contributed by atoms with Crippen molar-refractivity contribution in [3.63, 3.8) is 0 Å². The van der Waals surface area contributed by atoms with Gasteiger partial charge in [-0.1, -0.05) is 46.3 Å². The topological polar surface area (TPSA) is 55.1 Å². The largest absolute Gasteiger partial charge is 0.436 e. The number of carbonyl (C=O) groups is 1. The lowest BCUT2D eigenvalue weighted by atomic mass is 10.1. The molecule has 5 heteroatoms. The zero-order chi connectivity index (χ0) is 13.8. The fraction of sp³-hybridized carbons (Fsp3) is 0.286. The van der Waals surface area contributed by atoms with Crippen LogP contribution >= 0.6 is 15.9 Å². The van der Waals surface area contributed by atoms with E-state index in [1.807, 2.05) is 30.3 Å². The van der Waals surface area contributed by atoms with Crippen molar-refractivity contribution in [3.05, 3.63) is 53.2 Å². The molecule has 100 valence electrons. The smallest absolute Gasteiger partial charge is 0.289 e. The summed E-state index contributed by atoms with van der Waals surface area (Å²) in [7, 11) is 0. The molecule has 0 aliphatic heterocycles.